The van der Waals surface area contributed by atoms with E-state index in [1.54, 1.807) is 11.3 Å². The monoisotopic (exact) mass is 348 g/mol. The summed E-state index contributed by atoms with van der Waals surface area (Å²) in [5.41, 5.74) is 6.34. The lowest BCUT2D eigenvalue weighted by Crippen LogP contribution is -2.48. The number of hydrogen-bond donors (Lipinski definition) is 3. The van der Waals surface area contributed by atoms with E-state index in [0.29, 0.717) is 23.8 Å². The summed E-state index contributed by atoms with van der Waals surface area (Å²) in [7, 11) is 0. The number of carbonyl (C=O) groups is 1. The van der Waals surface area contributed by atoms with Crippen molar-refractivity contribution in [3.05, 3.63) is 11.1 Å². The number of fused-ring (bicyclic) bond motifs is 2. The molecule has 2 bridgehead atoms. The molecule has 1 aromatic heterocycles. The van der Waals surface area contributed by atoms with Crippen molar-refractivity contribution in [1.82, 2.24) is 10.3 Å². The number of nitrogens with zero attached hydrogens (tertiary/aromatic N) is 1. The third-order valence-corrected chi connectivity index (χ3v) is 7.35. The highest BCUT2D eigenvalue weighted by atomic mass is 32.1. The number of thiazole rings is 1. The number of amides is 1. The molecule has 2 heterocycles. The van der Waals surface area contributed by atoms with Crippen molar-refractivity contribution in [2.24, 2.45) is 23.5 Å². The number of hydrogen-bond acceptors (Lipinski definition) is 5. The average Bonchev–Trinajstić information content (AvgIpc) is 3.04. The molecule has 5 nitrogen and oxygen atoms in total. The van der Waals surface area contributed by atoms with Crippen molar-refractivity contribution in [2.75, 3.05) is 18.4 Å². The second-order valence-corrected chi connectivity index (χ2v) is 8.84. The van der Waals surface area contributed by atoms with E-state index in [9.17, 15) is 4.79 Å². The standard InChI is InChI=1S/C18H28N4OS/c19-16-12-2-1-3-13(16)9-14(8-12)17(23)22-18-21-10-15(24-18)11-4-6-20-7-5-11/h10-14,16,20H,1-9,19H2,(H,21,22,23). The topological polar surface area (TPSA) is 80.0 Å². The number of anilines is 1. The van der Waals surface area contributed by atoms with E-state index in [0.717, 1.165) is 31.1 Å². The van der Waals surface area contributed by atoms with Crippen LogP contribution in [0.1, 0.15) is 55.7 Å². The van der Waals surface area contributed by atoms with Crippen LogP contribution in [0.5, 0.6) is 0 Å². The van der Waals surface area contributed by atoms with E-state index in [1.807, 2.05) is 6.20 Å². The highest BCUT2D eigenvalue weighted by Gasteiger charge is 2.40. The Labute approximate surface area is 147 Å². The molecule has 3 aliphatic rings. The first kappa shape index (κ1) is 16.5. The predicted molar refractivity (Wildman–Crippen MR) is 97.1 cm³/mol. The quantitative estimate of drug-likeness (QED) is 0.784. The molecule has 2 aliphatic carbocycles. The van der Waals surface area contributed by atoms with Crippen LogP contribution in [0.25, 0.3) is 0 Å². The number of piperidine rings is 1. The molecule has 1 aliphatic heterocycles. The third-order valence-electron chi connectivity index (χ3n) is 6.28. The van der Waals surface area contributed by atoms with Crippen LogP contribution in [0, 0.1) is 17.8 Å². The zero-order valence-corrected chi connectivity index (χ0v) is 15.0. The van der Waals surface area contributed by atoms with Gasteiger partial charge in [0.1, 0.15) is 0 Å². The molecule has 1 saturated heterocycles. The fraction of sp³-hybridized carbons (Fsp3) is 0.778. The minimum absolute atomic E-state index is 0.117. The molecule has 4 N–H and O–H groups in total. The molecule has 1 aromatic rings. The molecule has 1 amide bonds. The van der Waals surface area contributed by atoms with Gasteiger partial charge in [-0.1, -0.05) is 6.42 Å². The van der Waals surface area contributed by atoms with Crippen molar-refractivity contribution < 1.29 is 4.79 Å². The number of nitrogens with one attached hydrogen (secondary N) is 2. The van der Waals surface area contributed by atoms with Crippen LogP contribution >= 0.6 is 11.3 Å². The van der Waals surface area contributed by atoms with Gasteiger partial charge in [-0.05, 0) is 69.4 Å². The van der Waals surface area contributed by atoms with Gasteiger partial charge in [-0.2, -0.15) is 0 Å². The Hall–Kier alpha value is -0.980. The second-order valence-electron chi connectivity index (χ2n) is 7.78. The summed E-state index contributed by atoms with van der Waals surface area (Å²) < 4.78 is 0. The molecule has 2 atom stereocenters. The zero-order chi connectivity index (χ0) is 16.5. The van der Waals surface area contributed by atoms with Crippen LogP contribution in [0.15, 0.2) is 6.20 Å². The second kappa shape index (κ2) is 7.10. The summed E-state index contributed by atoms with van der Waals surface area (Å²) in [6.45, 7) is 2.16. The van der Waals surface area contributed by atoms with Crippen LogP contribution in [-0.4, -0.2) is 30.0 Å². The van der Waals surface area contributed by atoms with Crippen LogP contribution in [0.2, 0.25) is 0 Å². The van der Waals surface area contributed by atoms with Gasteiger partial charge in [-0.25, -0.2) is 4.98 Å². The predicted octanol–water partition coefficient (Wildman–Crippen LogP) is 2.70. The first-order valence-electron chi connectivity index (χ1n) is 9.43. The molecule has 6 heteroatoms. The number of carbonyl (C=O) groups excluding carboxylic acids is 1. The molecular weight excluding hydrogens is 320 g/mol. The molecule has 0 spiro atoms. The Morgan fingerprint density at radius 1 is 1.21 bits per heavy atom. The number of aromatic nitrogens is 1. The lowest BCUT2D eigenvalue weighted by Gasteiger charge is -2.43. The molecule has 132 valence electrons. The average molecular weight is 349 g/mol. The van der Waals surface area contributed by atoms with E-state index in [2.05, 4.69) is 15.6 Å². The Kier molecular flexibility index (Phi) is 4.88. The van der Waals surface area contributed by atoms with Gasteiger partial charge in [0.2, 0.25) is 5.91 Å². The third kappa shape index (κ3) is 3.37. The van der Waals surface area contributed by atoms with E-state index >= 15 is 0 Å². The zero-order valence-electron chi connectivity index (χ0n) is 14.2. The minimum atomic E-state index is 0.117. The summed E-state index contributed by atoms with van der Waals surface area (Å²) in [4.78, 5) is 18.5. The Morgan fingerprint density at radius 2 is 1.92 bits per heavy atom. The summed E-state index contributed by atoms with van der Waals surface area (Å²) >= 11 is 1.66. The first-order valence-corrected chi connectivity index (χ1v) is 10.2. The van der Waals surface area contributed by atoms with Gasteiger partial charge >= 0.3 is 0 Å². The van der Waals surface area contributed by atoms with Crippen molar-refractivity contribution in [1.29, 1.82) is 0 Å². The van der Waals surface area contributed by atoms with Crippen molar-refractivity contribution >= 4 is 22.4 Å². The molecule has 2 saturated carbocycles. The lowest BCUT2D eigenvalue weighted by atomic mass is 9.65. The molecular formula is C18H28N4OS. The molecule has 4 rings (SSSR count). The van der Waals surface area contributed by atoms with E-state index in [4.69, 9.17) is 5.73 Å². The van der Waals surface area contributed by atoms with Crippen LogP contribution in [-0.2, 0) is 4.79 Å². The largest absolute Gasteiger partial charge is 0.327 e. The Bertz CT molecular complexity index is 569. The fourth-order valence-electron chi connectivity index (χ4n) is 4.85. The van der Waals surface area contributed by atoms with E-state index < -0.39 is 0 Å². The van der Waals surface area contributed by atoms with E-state index in [1.165, 1.54) is 37.0 Å². The Balaban J connectivity index is 1.37. The molecule has 2 unspecified atom stereocenters. The van der Waals surface area contributed by atoms with Gasteiger partial charge in [-0.15, -0.1) is 11.3 Å². The fourth-order valence-corrected chi connectivity index (χ4v) is 5.84. The van der Waals surface area contributed by atoms with Crippen LogP contribution < -0.4 is 16.4 Å². The normalized spacial score (nSPS) is 34.0. The van der Waals surface area contributed by atoms with Crippen molar-refractivity contribution in [3.63, 3.8) is 0 Å². The van der Waals surface area contributed by atoms with Gasteiger partial charge in [0.25, 0.3) is 0 Å². The number of rotatable bonds is 3. The van der Waals surface area contributed by atoms with Crippen molar-refractivity contribution in [3.8, 4) is 0 Å². The van der Waals surface area contributed by atoms with Crippen molar-refractivity contribution in [2.45, 2.75) is 56.9 Å². The van der Waals surface area contributed by atoms with Gasteiger partial charge in [0.15, 0.2) is 5.13 Å². The maximum atomic E-state index is 12.7. The molecule has 0 aromatic carbocycles. The van der Waals surface area contributed by atoms with E-state index in [-0.39, 0.29) is 11.8 Å². The van der Waals surface area contributed by atoms with Crippen LogP contribution in [0.3, 0.4) is 0 Å². The van der Waals surface area contributed by atoms with Gasteiger partial charge < -0.3 is 16.4 Å². The lowest BCUT2D eigenvalue weighted by molar-refractivity contribution is -0.122. The maximum Gasteiger partial charge on any atom is 0.229 e. The first-order chi connectivity index (χ1) is 11.7. The highest BCUT2D eigenvalue weighted by molar-refractivity contribution is 7.15. The van der Waals surface area contributed by atoms with Gasteiger partial charge in [-0.3, -0.25) is 4.79 Å². The summed E-state index contributed by atoms with van der Waals surface area (Å²) in [5, 5.41) is 7.25. The smallest absolute Gasteiger partial charge is 0.229 e. The number of nitrogens with two attached hydrogens (primary N) is 1. The van der Waals surface area contributed by atoms with Gasteiger partial charge in [0, 0.05) is 23.0 Å². The maximum absolute atomic E-state index is 12.7. The summed E-state index contributed by atoms with van der Waals surface area (Å²) in [6, 6.07) is 0.314. The minimum Gasteiger partial charge on any atom is -0.327 e. The molecule has 24 heavy (non-hydrogen) atoms. The van der Waals surface area contributed by atoms with Crippen LogP contribution in [0.4, 0.5) is 5.13 Å². The highest BCUT2D eigenvalue weighted by Crippen LogP contribution is 2.42. The summed E-state index contributed by atoms with van der Waals surface area (Å²) in [5.74, 6) is 1.95. The molecule has 0 radical (unpaired) electrons. The molecule has 3 fully saturated rings. The Morgan fingerprint density at radius 3 is 2.62 bits per heavy atom. The SMILES string of the molecule is NC1C2CCCC1CC(C(=O)Nc1ncc(C3CCNCC3)s1)C2. The summed E-state index contributed by atoms with van der Waals surface area (Å²) in [6.07, 6.45) is 9.87. The van der Waals surface area contributed by atoms with Gasteiger partial charge in [0.05, 0.1) is 0 Å².